The van der Waals surface area contributed by atoms with Crippen LogP contribution >= 0.6 is 27.3 Å². The van der Waals surface area contributed by atoms with Gasteiger partial charge >= 0.3 is 5.97 Å². The Balaban J connectivity index is 2.79. The van der Waals surface area contributed by atoms with Gasteiger partial charge in [-0.25, -0.2) is 0 Å². The van der Waals surface area contributed by atoms with Gasteiger partial charge in [0.25, 0.3) is 0 Å². The second-order valence-corrected chi connectivity index (χ2v) is 3.91. The summed E-state index contributed by atoms with van der Waals surface area (Å²) < 4.78 is 0. The number of carbonyl (C=O) groups excluding carboxylic acids is 1. The number of ketones is 1. The first-order valence-corrected chi connectivity index (χ1v) is 4.87. The van der Waals surface area contributed by atoms with Crippen LogP contribution in [0.4, 0.5) is 0 Å². The summed E-state index contributed by atoms with van der Waals surface area (Å²) in [6.45, 7) is 0. The van der Waals surface area contributed by atoms with Crippen molar-refractivity contribution in [2.45, 2.75) is 4.83 Å². The van der Waals surface area contributed by atoms with Crippen molar-refractivity contribution in [3.8, 4) is 0 Å². The molecule has 1 atom stereocenters. The minimum atomic E-state index is -1.16. The van der Waals surface area contributed by atoms with Crippen molar-refractivity contribution < 1.29 is 14.7 Å². The second-order valence-electron chi connectivity index (χ2n) is 2.04. The van der Waals surface area contributed by atoms with Gasteiger partial charge in [-0.1, -0.05) is 22.0 Å². The van der Waals surface area contributed by atoms with E-state index in [1.807, 2.05) is 0 Å². The van der Waals surface area contributed by atoms with E-state index in [0.717, 1.165) is 0 Å². The molecule has 0 aliphatic carbocycles. The van der Waals surface area contributed by atoms with Gasteiger partial charge in [0.2, 0.25) is 0 Å². The third-order valence-corrected chi connectivity index (χ3v) is 2.90. The number of carboxylic acids is 1. The standard InChI is InChI=1S/C7H5BrO3S/c8-5(7(10)11)6(9)4-2-1-3-12-4/h1-3,5H,(H,10,11). The van der Waals surface area contributed by atoms with Crippen LogP contribution in [-0.2, 0) is 4.79 Å². The van der Waals surface area contributed by atoms with Crippen molar-refractivity contribution in [2.24, 2.45) is 0 Å². The van der Waals surface area contributed by atoms with E-state index in [9.17, 15) is 9.59 Å². The SMILES string of the molecule is O=C(O)C(Br)C(=O)c1cccs1. The summed E-state index contributed by atoms with van der Waals surface area (Å²) in [7, 11) is 0. The first kappa shape index (κ1) is 9.41. The van der Waals surface area contributed by atoms with Crippen LogP contribution in [0.2, 0.25) is 0 Å². The lowest BCUT2D eigenvalue weighted by atomic mass is 10.2. The molecule has 1 aromatic rings. The molecule has 0 aliphatic rings. The number of aliphatic carboxylic acids is 1. The smallest absolute Gasteiger partial charge is 0.325 e. The van der Waals surface area contributed by atoms with Crippen molar-refractivity contribution in [3.05, 3.63) is 22.4 Å². The predicted molar refractivity (Wildman–Crippen MR) is 49.0 cm³/mol. The lowest BCUT2D eigenvalue weighted by Crippen LogP contribution is -2.22. The average molecular weight is 249 g/mol. The van der Waals surface area contributed by atoms with Gasteiger partial charge in [0, 0.05) is 0 Å². The molecule has 1 N–H and O–H groups in total. The highest BCUT2D eigenvalue weighted by molar-refractivity contribution is 9.10. The molecule has 12 heavy (non-hydrogen) atoms. The Morgan fingerprint density at radius 2 is 2.25 bits per heavy atom. The lowest BCUT2D eigenvalue weighted by Gasteiger charge is -1.99. The highest BCUT2D eigenvalue weighted by Gasteiger charge is 2.24. The summed E-state index contributed by atoms with van der Waals surface area (Å²) in [5.41, 5.74) is 0. The number of carboxylic acid groups (broad SMARTS) is 1. The first-order valence-electron chi connectivity index (χ1n) is 3.07. The Bertz CT molecular complexity index is 294. The zero-order valence-corrected chi connectivity index (χ0v) is 8.26. The second kappa shape index (κ2) is 3.82. The number of hydrogen-bond acceptors (Lipinski definition) is 3. The molecule has 0 amide bonds. The Morgan fingerprint density at radius 1 is 1.58 bits per heavy atom. The molecular weight excluding hydrogens is 244 g/mol. The molecule has 0 spiro atoms. The van der Waals surface area contributed by atoms with Crippen LogP contribution in [0, 0.1) is 0 Å². The zero-order chi connectivity index (χ0) is 9.14. The van der Waals surface area contributed by atoms with Gasteiger partial charge in [-0.05, 0) is 11.4 Å². The molecule has 1 aromatic heterocycles. The number of thiophene rings is 1. The number of carbonyl (C=O) groups is 2. The number of rotatable bonds is 3. The molecule has 0 aliphatic heterocycles. The van der Waals surface area contributed by atoms with Crippen molar-refractivity contribution in [2.75, 3.05) is 0 Å². The summed E-state index contributed by atoms with van der Waals surface area (Å²) in [5, 5.41) is 10.2. The van der Waals surface area contributed by atoms with Crippen LogP contribution in [-0.4, -0.2) is 21.7 Å². The number of hydrogen-bond donors (Lipinski definition) is 1. The summed E-state index contributed by atoms with van der Waals surface area (Å²) in [6, 6.07) is 3.31. The number of halogens is 1. The average Bonchev–Trinajstić information content (AvgIpc) is 2.53. The molecule has 5 heteroatoms. The molecule has 0 bridgehead atoms. The van der Waals surface area contributed by atoms with Gasteiger partial charge in [-0.3, -0.25) is 9.59 Å². The van der Waals surface area contributed by atoms with Crippen LogP contribution in [0.1, 0.15) is 9.67 Å². The molecule has 0 saturated carbocycles. The Morgan fingerprint density at radius 3 is 2.67 bits per heavy atom. The minimum absolute atomic E-state index is 0.405. The summed E-state index contributed by atoms with van der Waals surface area (Å²) in [5.74, 6) is -1.56. The van der Waals surface area contributed by atoms with E-state index in [0.29, 0.717) is 4.88 Å². The molecule has 0 fully saturated rings. The third-order valence-electron chi connectivity index (χ3n) is 1.21. The largest absolute Gasteiger partial charge is 0.480 e. The highest BCUT2D eigenvalue weighted by atomic mass is 79.9. The Labute approximate surface area is 81.2 Å². The van der Waals surface area contributed by atoms with E-state index in [1.165, 1.54) is 11.3 Å². The van der Waals surface area contributed by atoms with Crippen LogP contribution in [0.5, 0.6) is 0 Å². The zero-order valence-electron chi connectivity index (χ0n) is 5.86. The normalized spacial score (nSPS) is 12.4. The fourth-order valence-electron chi connectivity index (χ4n) is 0.656. The van der Waals surface area contributed by atoms with Gasteiger partial charge in [0.1, 0.15) is 0 Å². The van der Waals surface area contributed by atoms with Gasteiger partial charge in [-0.15, -0.1) is 11.3 Å². The Hall–Kier alpha value is -0.680. The van der Waals surface area contributed by atoms with Crippen molar-refractivity contribution >= 4 is 39.0 Å². The maximum atomic E-state index is 11.2. The first-order chi connectivity index (χ1) is 5.63. The van der Waals surface area contributed by atoms with Crippen LogP contribution in [0.15, 0.2) is 17.5 Å². The predicted octanol–water partition coefficient (Wildman–Crippen LogP) is 1.78. The van der Waals surface area contributed by atoms with E-state index in [-0.39, 0.29) is 0 Å². The number of Topliss-reactive ketones (excluding diaryl/α,β-unsaturated/α-hetero) is 1. The summed E-state index contributed by atoms with van der Waals surface area (Å²) in [6.07, 6.45) is 0. The van der Waals surface area contributed by atoms with Gasteiger partial charge in [-0.2, -0.15) is 0 Å². The molecule has 1 heterocycles. The van der Waals surface area contributed by atoms with Gasteiger partial charge in [0.05, 0.1) is 4.88 Å². The monoisotopic (exact) mass is 248 g/mol. The molecular formula is C7H5BrO3S. The van der Waals surface area contributed by atoms with Crippen LogP contribution in [0.3, 0.4) is 0 Å². The maximum Gasteiger partial charge on any atom is 0.325 e. The fraction of sp³-hybridized carbons (Fsp3) is 0.143. The van der Waals surface area contributed by atoms with Crippen LogP contribution in [0.25, 0.3) is 0 Å². The van der Waals surface area contributed by atoms with Gasteiger partial charge in [0.15, 0.2) is 10.6 Å². The van der Waals surface area contributed by atoms with E-state index in [1.54, 1.807) is 17.5 Å². The maximum absolute atomic E-state index is 11.2. The molecule has 0 aromatic carbocycles. The van der Waals surface area contributed by atoms with Crippen molar-refractivity contribution in [3.63, 3.8) is 0 Å². The molecule has 0 saturated heterocycles. The fourth-order valence-corrected chi connectivity index (χ4v) is 1.75. The minimum Gasteiger partial charge on any atom is -0.480 e. The van der Waals surface area contributed by atoms with E-state index in [4.69, 9.17) is 5.11 Å². The molecule has 0 radical (unpaired) electrons. The molecule has 1 rings (SSSR count). The number of alkyl halides is 1. The van der Waals surface area contributed by atoms with E-state index in [2.05, 4.69) is 15.9 Å². The van der Waals surface area contributed by atoms with E-state index >= 15 is 0 Å². The summed E-state index contributed by atoms with van der Waals surface area (Å²) in [4.78, 5) is 20.9. The third kappa shape index (κ3) is 1.92. The van der Waals surface area contributed by atoms with Crippen molar-refractivity contribution in [1.82, 2.24) is 0 Å². The lowest BCUT2D eigenvalue weighted by molar-refractivity contribution is -0.135. The molecule has 64 valence electrons. The summed E-state index contributed by atoms with van der Waals surface area (Å²) >= 11 is 4.02. The molecule has 3 nitrogen and oxygen atoms in total. The van der Waals surface area contributed by atoms with Gasteiger partial charge < -0.3 is 5.11 Å². The van der Waals surface area contributed by atoms with Crippen molar-refractivity contribution in [1.29, 1.82) is 0 Å². The van der Waals surface area contributed by atoms with E-state index < -0.39 is 16.6 Å². The highest BCUT2D eigenvalue weighted by Crippen LogP contribution is 2.15. The van der Waals surface area contributed by atoms with Crippen LogP contribution < -0.4 is 0 Å². The quantitative estimate of drug-likeness (QED) is 0.504. The molecule has 1 unspecified atom stereocenters. The Kier molecular flexibility index (Phi) is 2.99. The topological polar surface area (TPSA) is 54.4 Å².